The Bertz CT molecular complexity index is 1230. The third kappa shape index (κ3) is 6.46. The number of fused-ring (bicyclic) bond motifs is 5. The molecule has 4 aliphatic carbocycles. The second-order valence-corrected chi connectivity index (χ2v) is 13.1. The smallest absolute Gasteiger partial charge is 0.407 e. The van der Waals surface area contributed by atoms with E-state index < -0.39 is 70.5 Å². The number of hydrogen-bond donors (Lipinski definition) is 5. The number of rotatable bonds is 14. The molecule has 8 atom stereocenters. The van der Waals surface area contributed by atoms with Crippen LogP contribution in [0.5, 0.6) is 0 Å². The summed E-state index contributed by atoms with van der Waals surface area (Å²) in [5.74, 6) is -2.59. The number of hydrogen-bond acceptors (Lipinski definition) is 11. The van der Waals surface area contributed by atoms with Gasteiger partial charge in [0.1, 0.15) is 12.2 Å². The predicted molar refractivity (Wildman–Crippen MR) is 160 cm³/mol. The number of carbonyl (C=O) groups excluding carboxylic acids is 4. The average Bonchev–Trinajstić information content (AvgIpc) is 3.21. The van der Waals surface area contributed by atoms with E-state index in [2.05, 4.69) is 10.6 Å². The number of nitrogens with one attached hydrogen (secondary N) is 2. The van der Waals surface area contributed by atoms with Crippen LogP contribution < -0.4 is 10.6 Å². The van der Waals surface area contributed by atoms with Crippen LogP contribution in [0.3, 0.4) is 0 Å². The Labute approximate surface area is 267 Å². The fraction of sp³-hybridized carbons (Fsp3) is 0.750. The van der Waals surface area contributed by atoms with Gasteiger partial charge in [0.25, 0.3) is 0 Å². The van der Waals surface area contributed by atoms with Gasteiger partial charge in [-0.2, -0.15) is 0 Å². The van der Waals surface area contributed by atoms with Gasteiger partial charge in [0.2, 0.25) is 5.78 Å². The van der Waals surface area contributed by atoms with Gasteiger partial charge in [-0.25, -0.2) is 14.0 Å². The Morgan fingerprint density at radius 2 is 1.65 bits per heavy atom. The molecule has 8 unspecified atom stereocenters. The molecule has 0 heterocycles. The summed E-state index contributed by atoms with van der Waals surface area (Å²) in [7, 11) is 0. The molecular formula is C32H47FN2O11. The van der Waals surface area contributed by atoms with Crippen LogP contribution >= 0.6 is 0 Å². The van der Waals surface area contributed by atoms with Gasteiger partial charge in [-0.1, -0.05) is 25.5 Å². The summed E-state index contributed by atoms with van der Waals surface area (Å²) in [6.07, 6.45) is 2.35. The van der Waals surface area contributed by atoms with Crippen molar-refractivity contribution in [3.8, 4) is 0 Å². The first-order chi connectivity index (χ1) is 21.8. The highest BCUT2D eigenvalue weighted by Gasteiger charge is 2.75. The van der Waals surface area contributed by atoms with Gasteiger partial charge < -0.3 is 44.9 Å². The number of aliphatic hydroxyl groups is 3. The number of halogens is 1. The van der Waals surface area contributed by atoms with Gasteiger partial charge in [-0.3, -0.25) is 9.59 Å². The highest BCUT2D eigenvalue weighted by Crippen LogP contribution is 2.70. The van der Waals surface area contributed by atoms with Gasteiger partial charge in [0.15, 0.2) is 18.1 Å². The van der Waals surface area contributed by atoms with E-state index in [1.807, 2.05) is 0 Å². The molecule has 4 aliphatic rings. The van der Waals surface area contributed by atoms with E-state index in [1.165, 1.54) is 12.2 Å². The fourth-order valence-electron chi connectivity index (χ4n) is 8.40. The number of Topliss-reactive ketones (excluding diaryl/α,β-unsaturated/α-hetero) is 1. The van der Waals surface area contributed by atoms with E-state index in [0.29, 0.717) is 24.8 Å². The molecule has 0 bridgehead atoms. The van der Waals surface area contributed by atoms with Crippen LogP contribution in [0.25, 0.3) is 0 Å². The Hall–Kier alpha value is -2.91. The van der Waals surface area contributed by atoms with E-state index in [9.17, 15) is 29.4 Å². The molecule has 0 saturated heterocycles. The number of amides is 2. The van der Waals surface area contributed by atoms with Crippen LogP contribution in [0.4, 0.5) is 14.0 Å². The van der Waals surface area contributed by atoms with Crippen LogP contribution in [0.15, 0.2) is 23.8 Å². The molecule has 46 heavy (non-hydrogen) atoms. The molecule has 4 rings (SSSR count). The number of aliphatic hydroxyl groups excluding tert-OH is 2. The second-order valence-electron chi connectivity index (χ2n) is 13.1. The largest absolute Gasteiger partial charge is 0.447 e. The topological polar surface area (TPSA) is 190 Å². The lowest BCUT2D eigenvalue weighted by molar-refractivity contribution is -0.219. The van der Waals surface area contributed by atoms with Crippen molar-refractivity contribution in [1.29, 1.82) is 0 Å². The van der Waals surface area contributed by atoms with Gasteiger partial charge in [-0.05, 0) is 56.6 Å². The summed E-state index contributed by atoms with van der Waals surface area (Å²) < 4.78 is 37.6. The van der Waals surface area contributed by atoms with Crippen LogP contribution in [-0.2, 0) is 28.5 Å². The number of alkyl halides is 1. The predicted octanol–water partition coefficient (Wildman–Crippen LogP) is 1.38. The van der Waals surface area contributed by atoms with E-state index in [0.717, 1.165) is 0 Å². The lowest BCUT2D eigenvalue weighted by atomic mass is 9.44. The first-order valence-electron chi connectivity index (χ1n) is 15.9. The summed E-state index contributed by atoms with van der Waals surface area (Å²) in [6, 6.07) is 0. The number of alkyl carbamates (subject to hydrolysis) is 2. The summed E-state index contributed by atoms with van der Waals surface area (Å²) in [5, 5.41) is 37.0. The molecule has 0 aromatic rings. The van der Waals surface area contributed by atoms with Crippen molar-refractivity contribution < 1.29 is 57.8 Å². The zero-order valence-electron chi connectivity index (χ0n) is 26.7. The molecule has 13 nitrogen and oxygen atoms in total. The van der Waals surface area contributed by atoms with Crippen LogP contribution in [0.2, 0.25) is 0 Å². The molecular weight excluding hydrogens is 607 g/mol. The summed E-state index contributed by atoms with van der Waals surface area (Å²) in [6.45, 7) is 5.16. The molecule has 3 saturated carbocycles. The monoisotopic (exact) mass is 654 g/mol. The number of ether oxygens (including phenoxy) is 4. The number of ketones is 2. The first kappa shape index (κ1) is 35.9. The molecule has 0 aromatic heterocycles. The molecule has 2 amide bonds. The molecule has 0 spiro atoms. The van der Waals surface area contributed by atoms with E-state index in [-0.39, 0.29) is 64.9 Å². The minimum absolute atomic E-state index is 0.0225. The van der Waals surface area contributed by atoms with Gasteiger partial charge in [0.05, 0.1) is 39.1 Å². The number of allylic oxidation sites excluding steroid dienone is 4. The van der Waals surface area contributed by atoms with E-state index in [4.69, 9.17) is 24.1 Å². The molecule has 258 valence electrons. The first-order valence-corrected chi connectivity index (χ1v) is 15.9. The Kier molecular flexibility index (Phi) is 11.3. The van der Waals surface area contributed by atoms with Crippen molar-refractivity contribution in [3.63, 3.8) is 0 Å². The molecule has 0 radical (unpaired) electrons. The normalized spacial score (nSPS) is 36.2. The minimum Gasteiger partial charge on any atom is -0.447 e. The highest BCUT2D eigenvalue weighted by molar-refractivity contribution is 6.01. The number of carbonyl (C=O) groups is 4. The van der Waals surface area contributed by atoms with Crippen molar-refractivity contribution in [3.05, 3.63) is 23.8 Å². The SMILES string of the molecule is CC1CC2C3CCC4=CC(=O)C=CC4(C)C3(F)C(O)CC2(C)C1(O)C(=O)COC(=O)NCCOCCOC(=O)NCCOCCO. The van der Waals surface area contributed by atoms with Crippen molar-refractivity contribution in [2.24, 2.45) is 28.6 Å². The highest BCUT2D eigenvalue weighted by atomic mass is 19.1. The molecule has 0 aliphatic heterocycles. The van der Waals surface area contributed by atoms with E-state index >= 15 is 4.39 Å². The zero-order chi connectivity index (χ0) is 33.8. The molecule has 14 heteroatoms. The molecule has 5 N–H and O–H groups in total. The standard InChI is InChI=1S/C32H47FN2O11/c1-20-16-24-23-5-4-21-17-22(37)6-7-29(21,2)31(23,33)25(38)18-30(24,3)32(20,42)26(39)19-46-28(41)35-9-12-44-14-15-45-27(40)34-8-11-43-13-10-36/h6-7,17,20,23-25,36,38,42H,4-5,8-16,18-19H2,1-3H3,(H,34,40)(H,35,41). The summed E-state index contributed by atoms with van der Waals surface area (Å²) >= 11 is 0. The van der Waals surface area contributed by atoms with Gasteiger partial charge in [0, 0.05) is 29.8 Å². The lowest BCUT2D eigenvalue weighted by Gasteiger charge is -2.62. The zero-order valence-corrected chi connectivity index (χ0v) is 26.7. The summed E-state index contributed by atoms with van der Waals surface area (Å²) in [5.41, 5.74) is -5.74. The second kappa shape index (κ2) is 14.5. The van der Waals surface area contributed by atoms with Crippen LogP contribution in [-0.4, -0.2) is 116 Å². The maximum atomic E-state index is 17.3. The maximum absolute atomic E-state index is 17.3. The maximum Gasteiger partial charge on any atom is 0.407 e. The van der Waals surface area contributed by atoms with Crippen molar-refractivity contribution >= 4 is 23.8 Å². The van der Waals surface area contributed by atoms with E-state index in [1.54, 1.807) is 26.8 Å². The quantitative estimate of drug-likeness (QED) is 0.170. The fourth-order valence-corrected chi connectivity index (χ4v) is 8.40. The Morgan fingerprint density at radius 3 is 2.33 bits per heavy atom. The third-order valence-electron chi connectivity index (χ3n) is 10.7. The molecule has 3 fully saturated rings. The average molecular weight is 655 g/mol. The molecule has 0 aromatic carbocycles. The van der Waals surface area contributed by atoms with Crippen molar-refractivity contribution in [2.45, 2.75) is 63.8 Å². The lowest BCUT2D eigenvalue weighted by Crippen LogP contribution is -2.69. The van der Waals surface area contributed by atoms with Crippen molar-refractivity contribution in [2.75, 3.05) is 59.3 Å². The summed E-state index contributed by atoms with van der Waals surface area (Å²) in [4.78, 5) is 49.4. The van der Waals surface area contributed by atoms with Crippen molar-refractivity contribution in [1.82, 2.24) is 10.6 Å². The third-order valence-corrected chi connectivity index (χ3v) is 10.7. The Morgan fingerprint density at radius 1 is 1.00 bits per heavy atom. The van der Waals surface area contributed by atoms with Gasteiger partial charge in [-0.15, -0.1) is 0 Å². The van der Waals surface area contributed by atoms with Crippen LogP contribution in [0, 0.1) is 28.6 Å². The minimum atomic E-state index is -2.08. The van der Waals surface area contributed by atoms with Crippen LogP contribution in [0.1, 0.15) is 46.5 Å². The Balaban J connectivity index is 1.24. The van der Waals surface area contributed by atoms with Gasteiger partial charge >= 0.3 is 12.2 Å².